The van der Waals surface area contributed by atoms with Crippen molar-refractivity contribution in [1.29, 1.82) is 0 Å². The largest absolute Gasteiger partial charge is 0.496 e. The smallest absolute Gasteiger partial charge is 0.311 e. The Hall–Kier alpha value is -2.37. The highest BCUT2D eigenvalue weighted by Crippen LogP contribution is 2.28. The summed E-state index contributed by atoms with van der Waals surface area (Å²) in [6.07, 6.45) is 1.96. The third-order valence-corrected chi connectivity index (χ3v) is 3.14. The van der Waals surface area contributed by atoms with E-state index in [4.69, 9.17) is 9.15 Å². The molecule has 1 heterocycles. The molecule has 6 heteroatoms. The van der Waals surface area contributed by atoms with Crippen LogP contribution in [0.4, 0.5) is 0 Å². The predicted molar refractivity (Wildman–Crippen MR) is 78.2 cm³/mol. The molecule has 1 amide bonds. The van der Waals surface area contributed by atoms with Gasteiger partial charge in [-0.15, -0.1) is 10.2 Å². The van der Waals surface area contributed by atoms with Gasteiger partial charge in [0.2, 0.25) is 0 Å². The molecule has 0 N–H and O–H groups in total. The first-order chi connectivity index (χ1) is 10.2. The number of carbonyl (C=O) groups is 1. The molecular weight excluding hydrogens is 270 g/mol. The molecule has 2 aromatic rings. The Morgan fingerprint density at radius 3 is 2.81 bits per heavy atom. The number of para-hydroxylation sites is 1. The van der Waals surface area contributed by atoms with Gasteiger partial charge in [-0.3, -0.25) is 4.79 Å². The molecule has 2 rings (SSSR count). The summed E-state index contributed by atoms with van der Waals surface area (Å²) in [5.41, 5.74) is 0.669. The number of unbranched alkanes of at least 4 members (excludes halogenated alkanes) is 1. The van der Waals surface area contributed by atoms with Crippen molar-refractivity contribution >= 4 is 5.91 Å². The van der Waals surface area contributed by atoms with Gasteiger partial charge in [-0.1, -0.05) is 25.5 Å². The number of aromatic nitrogens is 2. The maximum absolute atomic E-state index is 12.1. The Morgan fingerprint density at radius 1 is 1.33 bits per heavy atom. The van der Waals surface area contributed by atoms with Gasteiger partial charge in [0.15, 0.2) is 0 Å². The summed E-state index contributed by atoms with van der Waals surface area (Å²) in [5.74, 6) is 0.630. The third-order valence-electron chi connectivity index (χ3n) is 3.14. The monoisotopic (exact) mass is 289 g/mol. The molecule has 0 fully saturated rings. The zero-order chi connectivity index (χ0) is 15.2. The minimum Gasteiger partial charge on any atom is -0.496 e. The van der Waals surface area contributed by atoms with E-state index in [-0.39, 0.29) is 17.7 Å². The fraction of sp³-hybridized carbons (Fsp3) is 0.400. The predicted octanol–water partition coefficient (Wildman–Crippen LogP) is 2.62. The summed E-state index contributed by atoms with van der Waals surface area (Å²) in [6.45, 7) is 2.74. The van der Waals surface area contributed by atoms with Crippen LogP contribution in [-0.2, 0) is 0 Å². The van der Waals surface area contributed by atoms with Crippen LogP contribution >= 0.6 is 0 Å². The molecule has 0 bridgehead atoms. The van der Waals surface area contributed by atoms with E-state index in [2.05, 4.69) is 17.1 Å². The number of amides is 1. The number of hydrogen-bond acceptors (Lipinski definition) is 5. The van der Waals surface area contributed by atoms with E-state index in [0.29, 0.717) is 17.9 Å². The number of rotatable bonds is 6. The lowest BCUT2D eigenvalue weighted by Gasteiger charge is -2.13. The maximum atomic E-state index is 12.1. The molecule has 6 nitrogen and oxygen atoms in total. The van der Waals surface area contributed by atoms with Crippen molar-refractivity contribution in [3.05, 3.63) is 30.2 Å². The third kappa shape index (κ3) is 3.39. The Balaban J connectivity index is 2.20. The Morgan fingerprint density at radius 2 is 2.10 bits per heavy atom. The van der Waals surface area contributed by atoms with Gasteiger partial charge in [0, 0.05) is 13.6 Å². The van der Waals surface area contributed by atoms with E-state index in [9.17, 15) is 4.79 Å². The summed E-state index contributed by atoms with van der Waals surface area (Å²) in [6, 6.07) is 7.30. The van der Waals surface area contributed by atoms with E-state index < -0.39 is 0 Å². The van der Waals surface area contributed by atoms with Crippen LogP contribution in [0.3, 0.4) is 0 Å². The van der Waals surface area contributed by atoms with Gasteiger partial charge in [-0.05, 0) is 18.6 Å². The van der Waals surface area contributed by atoms with E-state index in [1.165, 1.54) is 0 Å². The molecule has 0 aliphatic carbocycles. The number of ether oxygens (including phenoxy) is 1. The van der Waals surface area contributed by atoms with Gasteiger partial charge in [0.1, 0.15) is 5.75 Å². The van der Waals surface area contributed by atoms with Crippen LogP contribution in [0.5, 0.6) is 5.75 Å². The average Bonchev–Trinajstić information content (AvgIpc) is 3.01. The van der Waals surface area contributed by atoms with Gasteiger partial charge in [0.25, 0.3) is 5.89 Å². The standard InChI is InChI=1S/C15H19N3O3/c1-4-5-10-18(2)15(19)14-17-16-13(21-14)11-8-6-7-9-12(11)20-3/h6-9H,4-5,10H2,1-3H3. The fourth-order valence-electron chi connectivity index (χ4n) is 1.90. The SMILES string of the molecule is CCCCN(C)C(=O)c1nnc(-c2ccccc2OC)o1. The van der Waals surface area contributed by atoms with Crippen molar-refractivity contribution in [2.45, 2.75) is 19.8 Å². The first-order valence-electron chi connectivity index (χ1n) is 6.89. The van der Waals surface area contributed by atoms with Crippen LogP contribution in [0.15, 0.2) is 28.7 Å². The van der Waals surface area contributed by atoms with E-state index in [1.54, 1.807) is 31.2 Å². The van der Waals surface area contributed by atoms with Crippen LogP contribution in [0.1, 0.15) is 30.5 Å². The molecule has 0 aliphatic heterocycles. The molecule has 1 aromatic carbocycles. The van der Waals surface area contributed by atoms with E-state index in [0.717, 1.165) is 12.8 Å². The van der Waals surface area contributed by atoms with Gasteiger partial charge in [-0.2, -0.15) is 0 Å². The lowest BCUT2D eigenvalue weighted by Crippen LogP contribution is -2.27. The van der Waals surface area contributed by atoms with Crippen LogP contribution in [0.2, 0.25) is 0 Å². The molecular formula is C15H19N3O3. The number of carbonyl (C=O) groups excluding carboxylic acids is 1. The summed E-state index contributed by atoms with van der Waals surface area (Å²) in [5, 5.41) is 7.77. The Kier molecular flexibility index (Phi) is 4.92. The second-order valence-corrected chi connectivity index (χ2v) is 4.69. The fourth-order valence-corrected chi connectivity index (χ4v) is 1.90. The number of methoxy groups -OCH3 is 1. The number of hydrogen-bond donors (Lipinski definition) is 0. The minimum absolute atomic E-state index is 0.00508. The van der Waals surface area contributed by atoms with Gasteiger partial charge in [-0.25, -0.2) is 0 Å². The van der Waals surface area contributed by atoms with Crippen molar-refractivity contribution in [3.8, 4) is 17.2 Å². The summed E-state index contributed by atoms with van der Waals surface area (Å²) in [4.78, 5) is 13.7. The quantitative estimate of drug-likeness (QED) is 0.817. The van der Waals surface area contributed by atoms with Crippen LogP contribution in [0.25, 0.3) is 11.5 Å². The topological polar surface area (TPSA) is 68.5 Å². The second kappa shape index (κ2) is 6.88. The van der Waals surface area contributed by atoms with E-state index in [1.807, 2.05) is 12.1 Å². The highest BCUT2D eigenvalue weighted by atomic mass is 16.5. The molecule has 1 aromatic heterocycles. The van der Waals surface area contributed by atoms with Crippen molar-refractivity contribution in [1.82, 2.24) is 15.1 Å². The Bertz CT molecular complexity index is 610. The van der Waals surface area contributed by atoms with Gasteiger partial charge < -0.3 is 14.1 Å². The van der Waals surface area contributed by atoms with Gasteiger partial charge in [0.05, 0.1) is 12.7 Å². The van der Waals surface area contributed by atoms with Crippen molar-refractivity contribution < 1.29 is 13.9 Å². The van der Waals surface area contributed by atoms with Gasteiger partial charge >= 0.3 is 11.8 Å². The molecule has 0 aliphatic rings. The summed E-state index contributed by atoms with van der Waals surface area (Å²) in [7, 11) is 3.30. The number of benzene rings is 1. The second-order valence-electron chi connectivity index (χ2n) is 4.69. The summed E-state index contributed by atoms with van der Waals surface area (Å²) < 4.78 is 10.7. The van der Waals surface area contributed by atoms with Crippen molar-refractivity contribution in [2.75, 3.05) is 20.7 Å². The lowest BCUT2D eigenvalue weighted by molar-refractivity contribution is 0.0754. The molecule has 0 unspecified atom stereocenters. The normalized spacial score (nSPS) is 10.4. The van der Waals surface area contributed by atoms with Crippen molar-refractivity contribution in [2.24, 2.45) is 0 Å². The molecule has 0 saturated carbocycles. The first kappa shape index (κ1) is 15.0. The summed E-state index contributed by atoms with van der Waals surface area (Å²) >= 11 is 0. The zero-order valence-corrected chi connectivity index (χ0v) is 12.5. The molecule has 0 atom stereocenters. The molecule has 112 valence electrons. The van der Waals surface area contributed by atoms with Crippen LogP contribution < -0.4 is 4.74 Å². The minimum atomic E-state index is -0.267. The maximum Gasteiger partial charge on any atom is 0.311 e. The molecule has 0 spiro atoms. The lowest BCUT2D eigenvalue weighted by atomic mass is 10.2. The highest BCUT2D eigenvalue weighted by Gasteiger charge is 2.20. The first-order valence-corrected chi connectivity index (χ1v) is 6.89. The Labute approximate surface area is 123 Å². The average molecular weight is 289 g/mol. The highest BCUT2D eigenvalue weighted by molar-refractivity contribution is 5.89. The number of nitrogens with zero attached hydrogens (tertiary/aromatic N) is 3. The molecule has 0 radical (unpaired) electrons. The van der Waals surface area contributed by atoms with E-state index >= 15 is 0 Å². The molecule has 21 heavy (non-hydrogen) atoms. The zero-order valence-electron chi connectivity index (χ0n) is 12.5. The molecule has 0 saturated heterocycles. The van der Waals surface area contributed by atoms with Crippen LogP contribution in [0, 0.1) is 0 Å². The van der Waals surface area contributed by atoms with Crippen molar-refractivity contribution in [3.63, 3.8) is 0 Å². The van der Waals surface area contributed by atoms with Crippen LogP contribution in [-0.4, -0.2) is 41.7 Å².